The van der Waals surface area contributed by atoms with E-state index in [0.717, 1.165) is 29.9 Å². The molecule has 0 aliphatic heterocycles. The predicted octanol–water partition coefficient (Wildman–Crippen LogP) is -0.324. The molecule has 0 unspecified atom stereocenters. The van der Waals surface area contributed by atoms with Gasteiger partial charge in [0.1, 0.15) is 12.3 Å². The van der Waals surface area contributed by atoms with Crippen LogP contribution >= 0.6 is 0 Å². The first-order chi connectivity index (χ1) is 9.72. The van der Waals surface area contributed by atoms with Crippen LogP contribution in [0.3, 0.4) is 0 Å². The molecule has 21 heavy (non-hydrogen) atoms. The molecule has 1 aromatic rings. The maximum atomic E-state index is 9.85. The molecule has 0 radical (unpaired) electrons. The number of quaternary nitrogens is 1. The summed E-state index contributed by atoms with van der Waals surface area (Å²) in [5.41, 5.74) is 1.72. The van der Waals surface area contributed by atoms with E-state index >= 15 is 0 Å². The number of hydrogen-bond donors (Lipinski definition) is 2. The van der Waals surface area contributed by atoms with Crippen molar-refractivity contribution in [1.82, 2.24) is 0 Å². The molecule has 116 valence electrons. The Morgan fingerprint density at radius 2 is 1.57 bits per heavy atom. The summed E-state index contributed by atoms with van der Waals surface area (Å²) in [7, 11) is 0. The zero-order chi connectivity index (χ0) is 13.6. The zero-order valence-electron chi connectivity index (χ0n) is 12.6. The molecular formula is C18H26ClNO. The fourth-order valence-electron chi connectivity index (χ4n) is 5.76. The lowest BCUT2D eigenvalue weighted by molar-refractivity contribution is -0.684. The standard InChI is InChI=1S/C18H25NO.ClH/c20-17-4-2-1-3-16(17)11-19-12-18-8-13-5-14(9-18)7-15(6-13)10-18;/h1-4,13-15,19-20H,5-12H2;1H. The number of phenols is 1. The van der Waals surface area contributed by atoms with Crippen molar-refractivity contribution in [1.29, 1.82) is 0 Å². The first kappa shape index (κ1) is 15.2. The minimum Gasteiger partial charge on any atom is -1.00 e. The van der Waals surface area contributed by atoms with Crippen LogP contribution in [0.1, 0.15) is 44.1 Å². The Bertz CT molecular complexity index is 466. The molecule has 3 N–H and O–H groups in total. The van der Waals surface area contributed by atoms with Gasteiger partial charge in [0.2, 0.25) is 0 Å². The van der Waals surface area contributed by atoms with Crippen LogP contribution in [-0.4, -0.2) is 11.7 Å². The van der Waals surface area contributed by atoms with Crippen LogP contribution in [0.5, 0.6) is 5.75 Å². The van der Waals surface area contributed by atoms with Gasteiger partial charge in [0.15, 0.2) is 0 Å². The number of hydrogen-bond acceptors (Lipinski definition) is 1. The van der Waals surface area contributed by atoms with E-state index in [-0.39, 0.29) is 12.4 Å². The lowest BCUT2D eigenvalue weighted by Gasteiger charge is -2.56. The lowest BCUT2D eigenvalue weighted by atomic mass is 9.49. The predicted molar refractivity (Wildman–Crippen MR) is 79.2 cm³/mol. The highest BCUT2D eigenvalue weighted by atomic mass is 35.5. The lowest BCUT2D eigenvalue weighted by Crippen LogP contribution is -3.00. The van der Waals surface area contributed by atoms with Gasteiger partial charge >= 0.3 is 0 Å². The Kier molecular flexibility index (Phi) is 4.20. The van der Waals surface area contributed by atoms with Crippen molar-refractivity contribution in [3.63, 3.8) is 0 Å². The van der Waals surface area contributed by atoms with E-state index in [1.807, 2.05) is 18.2 Å². The van der Waals surface area contributed by atoms with Crippen molar-refractivity contribution in [2.75, 3.05) is 6.54 Å². The molecule has 0 amide bonds. The van der Waals surface area contributed by atoms with Crippen molar-refractivity contribution >= 4 is 0 Å². The minimum atomic E-state index is 0. The summed E-state index contributed by atoms with van der Waals surface area (Å²) in [4.78, 5) is 0. The van der Waals surface area contributed by atoms with Crippen LogP contribution in [0, 0.1) is 23.2 Å². The third kappa shape index (κ3) is 2.93. The zero-order valence-corrected chi connectivity index (χ0v) is 13.4. The highest BCUT2D eigenvalue weighted by Gasteiger charge is 2.51. The van der Waals surface area contributed by atoms with Gasteiger partial charge in [-0.05, 0) is 68.4 Å². The number of aromatic hydroxyl groups is 1. The normalized spacial score (nSPS) is 36.5. The summed E-state index contributed by atoms with van der Waals surface area (Å²) >= 11 is 0. The fourth-order valence-corrected chi connectivity index (χ4v) is 5.76. The number of rotatable bonds is 4. The highest BCUT2D eigenvalue weighted by molar-refractivity contribution is 5.30. The minimum absolute atomic E-state index is 0. The van der Waals surface area contributed by atoms with Crippen molar-refractivity contribution in [3.8, 4) is 5.75 Å². The Morgan fingerprint density at radius 1 is 1.00 bits per heavy atom. The first-order valence-corrected chi connectivity index (χ1v) is 8.31. The SMILES string of the molecule is Oc1ccccc1C[NH2+]CC12CC3CC(CC(C3)C1)C2.[Cl-]. The van der Waals surface area contributed by atoms with Crippen molar-refractivity contribution in [3.05, 3.63) is 29.8 Å². The van der Waals surface area contributed by atoms with Gasteiger partial charge in [0.05, 0.1) is 6.54 Å². The molecule has 1 aromatic carbocycles. The van der Waals surface area contributed by atoms with Crippen LogP contribution in [-0.2, 0) is 6.54 Å². The molecule has 4 saturated carbocycles. The van der Waals surface area contributed by atoms with Gasteiger partial charge in [-0.3, -0.25) is 0 Å². The summed E-state index contributed by atoms with van der Waals surface area (Å²) < 4.78 is 0. The molecular weight excluding hydrogens is 282 g/mol. The fraction of sp³-hybridized carbons (Fsp3) is 0.667. The van der Waals surface area contributed by atoms with Crippen LogP contribution in [0.2, 0.25) is 0 Å². The number of para-hydroxylation sites is 1. The van der Waals surface area contributed by atoms with E-state index in [9.17, 15) is 5.11 Å². The average molecular weight is 308 g/mol. The van der Waals surface area contributed by atoms with E-state index < -0.39 is 0 Å². The molecule has 0 heterocycles. The largest absolute Gasteiger partial charge is 1.00 e. The molecule has 3 heteroatoms. The second-order valence-corrected chi connectivity index (χ2v) is 7.74. The Labute approximate surface area is 133 Å². The van der Waals surface area contributed by atoms with Gasteiger partial charge in [0, 0.05) is 11.0 Å². The van der Waals surface area contributed by atoms with Crippen LogP contribution < -0.4 is 17.7 Å². The van der Waals surface area contributed by atoms with E-state index in [1.165, 1.54) is 45.1 Å². The molecule has 0 saturated heterocycles. The highest BCUT2D eigenvalue weighted by Crippen LogP contribution is 2.59. The summed E-state index contributed by atoms with van der Waals surface area (Å²) in [6.07, 6.45) is 9.03. The van der Waals surface area contributed by atoms with Crippen LogP contribution in [0.4, 0.5) is 0 Å². The maximum Gasteiger partial charge on any atom is 0.124 e. The van der Waals surface area contributed by atoms with Gasteiger partial charge in [-0.15, -0.1) is 0 Å². The molecule has 0 aromatic heterocycles. The number of benzene rings is 1. The number of phenolic OH excluding ortho intramolecular Hbond substituents is 1. The quantitative estimate of drug-likeness (QED) is 0.786. The first-order valence-electron chi connectivity index (χ1n) is 8.31. The van der Waals surface area contributed by atoms with E-state index in [2.05, 4.69) is 5.32 Å². The second kappa shape index (κ2) is 5.81. The van der Waals surface area contributed by atoms with E-state index in [1.54, 1.807) is 6.07 Å². The molecule has 4 bridgehead atoms. The van der Waals surface area contributed by atoms with Gasteiger partial charge in [-0.2, -0.15) is 0 Å². The summed E-state index contributed by atoms with van der Waals surface area (Å²) in [5.74, 6) is 3.58. The number of halogens is 1. The molecule has 4 fully saturated rings. The third-order valence-corrected chi connectivity index (χ3v) is 6.10. The topological polar surface area (TPSA) is 36.8 Å². The molecule has 5 rings (SSSR count). The van der Waals surface area contributed by atoms with Gasteiger partial charge in [0.25, 0.3) is 0 Å². The third-order valence-electron chi connectivity index (χ3n) is 6.10. The van der Waals surface area contributed by atoms with Crippen LogP contribution in [0.25, 0.3) is 0 Å². The van der Waals surface area contributed by atoms with Gasteiger partial charge in [-0.1, -0.05) is 12.1 Å². The summed E-state index contributed by atoms with van der Waals surface area (Å²) in [6, 6.07) is 7.77. The molecule has 4 aliphatic rings. The Balaban J connectivity index is 0.00000132. The van der Waals surface area contributed by atoms with Crippen molar-refractivity contribution < 1.29 is 22.8 Å². The summed E-state index contributed by atoms with van der Waals surface area (Å²) in [5, 5.41) is 12.3. The summed E-state index contributed by atoms with van der Waals surface area (Å²) in [6.45, 7) is 2.19. The smallest absolute Gasteiger partial charge is 0.124 e. The average Bonchev–Trinajstić information content (AvgIpc) is 2.39. The van der Waals surface area contributed by atoms with Crippen molar-refractivity contribution in [2.24, 2.45) is 23.2 Å². The monoisotopic (exact) mass is 307 g/mol. The van der Waals surface area contributed by atoms with Gasteiger partial charge in [-0.25, -0.2) is 0 Å². The van der Waals surface area contributed by atoms with Crippen molar-refractivity contribution in [2.45, 2.75) is 45.1 Å². The van der Waals surface area contributed by atoms with Crippen LogP contribution in [0.15, 0.2) is 24.3 Å². The molecule has 2 nitrogen and oxygen atoms in total. The Morgan fingerprint density at radius 3 is 2.14 bits per heavy atom. The van der Waals surface area contributed by atoms with Gasteiger partial charge < -0.3 is 22.8 Å². The Hall–Kier alpha value is -0.730. The van der Waals surface area contributed by atoms with E-state index in [4.69, 9.17) is 0 Å². The second-order valence-electron chi connectivity index (χ2n) is 7.74. The number of nitrogens with two attached hydrogens (primary N) is 1. The molecule has 0 atom stereocenters. The maximum absolute atomic E-state index is 9.85. The molecule has 0 spiro atoms. The van der Waals surface area contributed by atoms with E-state index in [0.29, 0.717) is 11.2 Å². The molecule has 4 aliphatic carbocycles.